The van der Waals surface area contributed by atoms with Gasteiger partial charge in [-0.1, -0.05) is 30.3 Å². The molecular weight excluding hydrogens is 460 g/mol. The minimum absolute atomic E-state index is 0.0255. The first kappa shape index (κ1) is 23.0. The molecule has 3 aromatic rings. The maximum absolute atomic E-state index is 11.7. The highest BCUT2D eigenvalue weighted by Crippen LogP contribution is 2.50. The highest BCUT2D eigenvalue weighted by Gasteiger charge is 2.38. The van der Waals surface area contributed by atoms with Crippen molar-refractivity contribution in [3.05, 3.63) is 88.9 Å². The summed E-state index contributed by atoms with van der Waals surface area (Å²) in [5.41, 5.74) is 11.0. The van der Waals surface area contributed by atoms with E-state index in [1.807, 2.05) is 29.2 Å². The fraction of sp³-hybridized carbons (Fsp3) is 0.222. The molecule has 2 aliphatic rings. The molecule has 0 aromatic heterocycles. The fourth-order valence-corrected chi connectivity index (χ4v) is 5.85. The number of anilines is 1. The number of nitrogens with two attached hydrogens (primary N) is 2. The Hall–Kier alpha value is -3.80. The van der Waals surface area contributed by atoms with E-state index in [0.717, 1.165) is 59.0 Å². The van der Waals surface area contributed by atoms with E-state index in [-0.39, 0.29) is 10.8 Å². The Morgan fingerprint density at radius 3 is 2.43 bits per heavy atom. The van der Waals surface area contributed by atoms with Gasteiger partial charge in [0.05, 0.1) is 23.6 Å². The van der Waals surface area contributed by atoms with Gasteiger partial charge < -0.3 is 15.4 Å². The molecule has 1 aliphatic heterocycles. The quantitative estimate of drug-likeness (QED) is 0.555. The third-order valence-corrected chi connectivity index (χ3v) is 7.82. The second-order valence-corrected chi connectivity index (χ2v) is 10.4. The summed E-state index contributed by atoms with van der Waals surface area (Å²) in [5.74, 6) is 0.741. The Morgan fingerprint density at radius 1 is 1.03 bits per heavy atom. The first-order valence-electron chi connectivity index (χ1n) is 11.5. The van der Waals surface area contributed by atoms with E-state index in [0.29, 0.717) is 17.1 Å². The molecule has 1 heterocycles. The van der Waals surface area contributed by atoms with Crippen LogP contribution in [0.1, 0.15) is 37.2 Å². The first-order chi connectivity index (χ1) is 16.8. The summed E-state index contributed by atoms with van der Waals surface area (Å²) in [4.78, 5) is 1.92. The number of ether oxygens (including phenoxy) is 1. The van der Waals surface area contributed by atoms with Crippen LogP contribution in [-0.4, -0.2) is 15.5 Å². The van der Waals surface area contributed by atoms with Crippen molar-refractivity contribution in [1.82, 2.24) is 0 Å². The van der Waals surface area contributed by atoms with Gasteiger partial charge >= 0.3 is 0 Å². The molecule has 0 spiro atoms. The predicted octanol–water partition coefficient (Wildman–Crippen LogP) is 4.62. The van der Waals surface area contributed by atoms with Crippen LogP contribution >= 0.6 is 0 Å². The molecule has 5 rings (SSSR count). The molecule has 0 bridgehead atoms. The average molecular weight is 487 g/mol. The van der Waals surface area contributed by atoms with E-state index < -0.39 is 10.0 Å². The van der Waals surface area contributed by atoms with Crippen LogP contribution in [0.15, 0.2) is 88.2 Å². The lowest BCUT2D eigenvalue weighted by atomic mass is 9.74. The van der Waals surface area contributed by atoms with Crippen LogP contribution in [0.3, 0.4) is 0 Å². The van der Waals surface area contributed by atoms with Gasteiger partial charge in [-0.3, -0.25) is 0 Å². The van der Waals surface area contributed by atoms with Crippen molar-refractivity contribution < 1.29 is 13.2 Å². The smallest absolute Gasteiger partial charge is 0.238 e. The van der Waals surface area contributed by atoms with Crippen LogP contribution in [0.25, 0.3) is 10.8 Å². The number of hydrogen-bond acceptors (Lipinski definition) is 6. The van der Waals surface area contributed by atoms with Crippen molar-refractivity contribution in [2.75, 3.05) is 12.0 Å². The van der Waals surface area contributed by atoms with Gasteiger partial charge in [-0.15, -0.1) is 0 Å². The van der Waals surface area contributed by atoms with E-state index >= 15 is 0 Å². The zero-order valence-electron chi connectivity index (χ0n) is 19.4. The molecule has 178 valence electrons. The van der Waals surface area contributed by atoms with Crippen molar-refractivity contribution in [2.24, 2.45) is 10.9 Å². The second kappa shape index (κ2) is 8.77. The lowest BCUT2D eigenvalue weighted by Crippen LogP contribution is -2.36. The molecule has 4 N–H and O–H groups in total. The molecule has 0 saturated heterocycles. The van der Waals surface area contributed by atoms with Crippen LogP contribution in [0.4, 0.5) is 5.69 Å². The van der Waals surface area contributed by atoms with Crippen molar-refractivity contribution in [2.45, 2.75) is 36.5 Å². The molecule has 1 unspecified atom stereocenters. The summed E-state index contributed by atoms with van der Waals surface area (Å²) >= 11 is 0. The molecule has 3 aromatic carbocycles. The largest absolute Gasteiger partial charge is 0.496 e. The summed E-state index contributed by atoms with van der Waals surface area (Å²) in [6, 6.07) is 20.7. The first-order valence-corrected chi connectivity index (χ1v) is 13.0. The van der Waals surface area contributed by atoms with Crippen LogP contribution < -0.4 is 20.5 Å². The Labute approximate surface area is 205 Å². The summed E-state index contributed by atoms with van der Waals surface area (Å²) < 4.78 is 29.3. The van der Waals surface area contributed by atoms with Crippen LogP contribution in [0, 0.1) is 11.3 Å². The number of sulfonamides is 1. The molecule has 0 saturated carbocycles. The molecule has 35 heavy (non-hydrogen) atoms. The lowest BCUT2D eigenvalue weighted by molar-refractivity contribution is 0.409. The number of hydrogen-bond donors (Lipinski definition) is 2. The Balaban J connectivity index is 1.75. The summed E-state index contributed by atoms with van der Waals surface area (Å²) in [7, 11) is -2.17. The second-order valence-electron chi connectivity index (χ2n) is 8.80. The van der Waals surface area contributed by atoms with Gasteiger partial charge in [-0.25, -0.2) is 13.6 Å². The third kappa shape index (κ3) is 3.83. The standard InChI is InChI=1S/C27H26N4O3S/c1-34-24-15-10-17-6-2-3-7-20(17)26(24)25-21-8-4-5-9-23(21)31(27(29)22(25)16-28)18-11-13-19(14-12-18)35(30,32)33/h2-3,6-7,10-15,25H,4-5,8-9,29H2,1H3,(H2,30,32,33). The van der Waals surface area contributed by atoms with E-state index in [2.05, 4.69) is 18.2 Å². The van der Waals surface area contributed by atoms with E-state index in [1.165, 1.54) is 12.1 Å². The molecule has 1 atom stereocenters. The van der Waals surface area contributed by atoms with Crippen molar-refractivity contribution in [3.8, 4) is 11.8 Å². The van der Waals surface area contributed by atoms with E-state index in [4.69, 9.17) is 15.6 Å². The zero-order valence-corrected chi connectivity index (χ0v) is 20.2. The Morgan fingerprint density at radius 2 is 1.74 bits per heavy atom. The number of nitriles is 1. The number of fused-ring (bicyclic) bond motifs is 1. The monoisotopic (exact) mass is 486 g/mol. The van der Waals surface area contributed by atoms with Gasteiger partial charge in [0.2, 0.25) is 10.0 Å². The number of rotatable bonds is 4. The van der Waals surface area contributed by atoms with Crippen molar-refractivity contribution >= 4 is 26.5 Å². The SMILES string of the molecule is COc1ccc2ccccc2c1C1C(C#N)=C(N)N(c2ccc(S(N)(=O)=O)cc2)C2=C1CCCC2. The summed E-state index contributed by atoms with van der Waals surface area (Å²) in [5, 5.41) is 17.7. The highest BCUT2D eigenvalue weighted by molar-refractivity contribution is 7.89. The predicted molar refractivity (Wildman–Crippen MR) is 136 cm³/mol. The highest BCUT2D eigenvalue weighted by atomic mass is 32.2. The minimum atomic E-state index is -3.82. The topological polar surface area (TPSA) is 122 Å². The Bertz CT molecular complexity index is 1530. The number of allylic oxidation sites excluding steroid dienone is 3. The molecule has 8 heteroatoms. The maximum atomic E-state index is 11.7. The number of primary sulfonamides is 1. The van der Waals surface area contributed by atoms with Crippen LogP contribution in [0.5, 0.6) is 5.75 Å². The summed E-state index contributed by atoms with van der Waals surface area (Å²) in [6.45, 7) is 0. The number of benzene rings is 3. The van der Waals surface area contributed by atoms with Crippen LogP contribution in [-0.2, 0) is 10.0 Å². The number of methoxy groups -OCH3 is 1. The zero-order chi connectivity index (χ0) is 24.7. The molecule has 0 radical (unpaired) electrons. The van der Waals surface area contributed by atoms with Crippen molar-refractivity contribution in [3.63, 3.8) is 0 Å². The van der Waals surface area contributed by atoms with Gasteiger partial charge in [0.1, 0.15) is 11.6 Å². The van der Waals surface area contributed by atoms with Gasteiger partial charge in [0, 0.05) is 22.9 Å². The average Bonchev–Trinajstić information content (AvgIpc) is 2.87. The van der Waals surface area contributed by atoms with Gasteiger partial charge in [-0.2, -0.15) is 5.26 Å². The molecule has 7 nitrogen and oxygen atoms in total. The lowest BCUT2D eigenvalue weighted by Gasteiger charge is -2.41. The van der Waals surface area contributed by atoms with Gasteiger partial charge in [0.25, 0.3) is 0 Å². The third-order valence-electron chi connectivity index (χ3n) is 6.89. The normalized spacial score (nSPS) is 18.4. The minimum Gasteiger partial charge on any atom is -0.496 e. The van der Waals surface area contributed by atoms with Gasteiger partial charge in [-0.05, 0) is 72.4 Å². The van der Waals surface area contributed by atoms with Gasteiger partial charge in [0.15, 0.2) is 0 Å². The Kier molecular flexibility index (Phi) is 5.75. The molecular formula is C27H26N4O3S. The molecule has 0 amide bonds. The molecule has 1 aliphatic carbocycles. The van der Waals surface area contributed by atoms with E-state index in [9.17, 15) is 13.7 Å². The number of nitrogens with zero attached hydrogens (tertiary/aromatic N) is 2. The fourth-order valence-electron chi connectivity index (χ4n) is 5.34. The van der Waals surface area contributed by atoms with E-state index in [1.54, 1.807) is 19.2 Å². The van der Waals surface area contributed by atoms with Crippen LogP contribution in [0.2, 0.25) is 0 Å². The molecule has 0 fully saturated rings. The van der Waals surface area contributed by atoms with Crippen molar-refractivity contribution in [1.29, 1.82) is 5.26 Å². The maximum Gasteiger partial charge on any atom is 0.238 e. The summed E-state index contributed by atoms with van der Waals surface area (Å²) in [6.07, 6.45) is 3.64.